The second kappa shape index (κ2) is 9.84. The zero-order chi connectivity index (χ0) is 25.4. The molecule has 1 saturated heterocycles. The van der Waals surface area contributed by atoms with Crippen molar-refractivity contribution in [2.45, 2.75) is 30.3 Å². The predicted octanol–water partition coefficient (Wildman–Crippen LogP) is 3.26. The molecule has 3 aromatic rings. The van der Waals surface area contributed by atoms with Gasteiger partial charge in [0.2, 0.25) is 0 Å². The summed E-state index contributed by atoms with van der Waals surface area (Å²) >= 11 is 1.12. The molecular weight excluding hydrogens is 503 g/mol. The number of benzene rings is 1. The van der Waals surface area contributed by atoms with E-state index in [0.717, 1.165) is 23.7 Å². The standard InChI is InChI=1S/C21H26F3N7O2S2/c1-13(28-18-15-5-4-6-16(21(22,23)24)17(15)26-12-27-18)11-30-7-9-31(10-8-30)35(32,33)19-14(2)29-20(25-3)34-19/h4-6,12-13H,7-11H2,1-3H3,(H,25,29)(H,26,27,28)/t13-/m0/s1. The van der Waals surface area contributed by atoms with E-state index >= 15 is 0 Å². The topological polar surface area (TPSA) is 103 Å². The summed E-state index contributed by atoms with van der Waals surface area (Å²) in [6.45, 7) is 5.91. The molecular formula is C21H26F3N7O2S2. The highest BCUT2D eigenvalue weighted by molar-refractivity contribution is 7.91. The minimum Gasteiger partial charge on any atom is -0.366 e. The number of para-hydroxylation sites is 1. The third-order valence-corrected chi connectivity index (χ3v) is 9.42. The molecule has 1 aliphatic rings. The molecule has 0 saturated carbocycles. The van der Waals surface area contributed by atoms with Crippen molar-refractivity contribution in [1.82, 2.24) is 24.2 Å². The lowest BCUT2D eigenvalue weighted by atomic mass is 10.1. The number of sulfonamides is 1. The molecule has 4 rings (SSSR count). The number of thiazole rings is 1. The summed E-state index contributed by atoms with van der Waals surface area (Å²) in [5.74, 6) is 0.329. The Morgan fingerprint density at radius 1 is 1.17 bits per heavy atom. The first kappa shape index (κ1) is 25.5. The highest BCUT2D eigenvalue weighted by Crippen LogP contribution is 2.35. The van der Waals surface area contributed by atoms with E-state index < -0.39 is 21.8 Å². The van der Waals surface area contributed by atoms with Crippen LogP contribution in [0, 0.1) is 6.92 Å². The zero-order valence-corrected chi connectivity index (χ0v) is 21.1. The van der Waals surface area contributed by atoms with Crippen molar-refractivity contribution in [3.8, 4) is 0 Å². The molecule has 0 spiro atoms. The van der Waals surface area contributed by atoms with Crippen molar-refractivity contribution in [1.29, 1.82) is 0 Å². The molecule has 35 heavy (non-hydrogen) atoms. The molecule has 1 aromatic carbocycles. The average Bonchev–Trinajstić information content (AvgIpc) is 3.20. The van der Waals surface area contributed by atoms with E-state index in [1.54, 1.807) is 20.0 Å². The summed E-state index contributed by atoms with van der Waals surface area (Å²) in [5.41, 5.74) is -0.475. The van der Waals surface area contributed by atoms with Crippen LogP contribution in [0.25, 0.3) is 10.9 Å². The normalized spacial score (nSPS) is 17.0. The molecule has 1 fully saturated rings. The van der Waals surface area contributed by atoms with Crippen LogP contribution >= 0.6 is 11.3 Å². The number of aromatic nitrogens is 3. The maximum Gasteiger partial charge on any atom is 0.418 e. The molecule has 0 unspecified atom stereocenters. The Kier molecular flexibility index (Phi) is 7.18. The van der Waals surface area contributed by atoms with Gasteiger partial charge in [0, 0.05) is 51.2 Å². The van der Waals surface area contributed by atoms with Crippen LogP contribution in [0.15, 0.2) is 28.7 Å². The van der Waals surface area contributed by atoms with Gasteiger partial charge >= 0.3 is 6.18 Å². The van der Waals surface area contributed by atoms with Crippen molar-refractivity contribution in [3.63, 3.8) is 0 Å². The van der Waals surface area contributed by atoms with Crippen LogP contribution in [0.5, 0.6) is 0 Å². The van der Waals surface area contributed by atoms with E-state index in [-0.39, 0.29) is 15.8 Å². The number of nitrogens with zero attached hydrogens (tertiary/aromatic N) is 5. The van der Waals surface area contributed by atoms with Gasteiger partial charge in [-0.25, -0.2) is 23.4 Å². The molecule has 0 bridgehead atoms. The highest BCUT2D eigenvalue weighted by atomic mass is 32.2. The van der Waals surface area contributed by atoms with Gasteiger partial charge in [-0.3, -0.25) is 4.90 Å². The molecule has 0 amide bonds. The van der Waals surface area contributed by atoms with Crippen LogP contribution in [0.2, 0.25) is 0 Å². The molecule has 9 nitrogen and oxygen atoms in total. The van der Waals surface area contributed by atoms with Crippen molar-refractivity contribution in [2.24, 2.45) is 0 Å². The van der Waals surface area contributed by atoms with Crippen molar-refractivity contribution >= 4 is 43.2 Å². The van der Waals surface area contributed by atoms with Crippen LogP contribution in [0.3, 0.4) is 0 Å². The Morgan fingerprint density at radius 2 is 1.89 bits per heavy atom. The number of anilines is 2. The fourth-order valence-electron chi connectivity index (χ4n) is 4.10. The minimum atomic E-state index is -4.51. The van der Waals surface area contributed by atoms with Gasteiger partial charge in [0.1, 0.15) is 12.1 Å². The maximum atomic E-state index is 13.3. The molecule has 2 N–H and O–H groups in total. The molecule has 14 heteroatoms. The number of hydrogen-bond donors (Lipinski definition) is 2. The highest BCUT2D eigenvalue weighted by Gasteiger charge is 2.34. The van der Waals surface area contributed by atoms with Gasteiger partial charge in [-0.15, -0.1) is 0 Å². The molecule has 0 aliphatic carbocycles. The van der Waals surface area contributed by atoms with E-state index in [1.165, 1.54) is 10.4 Å². The lowest BCUT2D eigenvalue weighted by Gasteiger charge is -2.35. The zero-order valence-electron chi connectivity index (χ0n) is 19.4. The number of nitrogens with one attached hydrogen (secondary N) is 2. The molecule has 0 radical (unpaired) electrons. The number of rotatable bonds is 7. The summed E-state index contributed by atoms with van der Waals surface area (Å²) in [6.07, 6.45) is -3.39. The van der Waals surface area contributed by atoms with E-state index in [0.29, 0.717) is 54.8 Å². The van der Waals surface area contributed by atoms with Gasteiger partial charge in [-0.1, -0.05) is 17.4 Å². The van der Waals surface area contributed by atoms with Gasteiger partial charge in [-0.05, 0) is 26.0 Å². The van der Waals surface area contributed by atoms with Crippen molar-refractivity contribution < 1.29 is 21.6 Å². The summed E-state index contributed by atoms with van der Waals surface area (Å²) in [5, 5.41) is 6.92. The summed E-state index contributed by atoms with van der Waals surface area (Å²) < 4.78 is 67.9. The van der Waals surface area contributed by atoms with Gasteiger partial charge in [0.05, 0.1) is 16.8 Å². The van der Waals surface area contributed by atoms with E-state index in [4.69, 9.17) is 0 Å². The first-order valence-electron chi connectivity index (χ1n) is 11.0. The lowest BCUT2D eigenvalue weighted by Crippen LogP contribution is -2.50. The summed E-state index contributed by atoms with van der Waals surface area (Å²) in [4.78, 5) is 14.4. The van der Waals surface area contributed by atoms with E-state index in [2.05, 4.69) is 30.5 Å². The van der Waals surface area contributed by atoms with Crippen molar-refractivity contribution in [3.05, 3.63) is 35.8 Å². The number of aryl methyl sites for hydroxylation is 1. The van der Waals surface area contributed by atoms with Gasteiger partial charge in [0.15, 0.2) is 9.34 Å². The molecule has 2 aromatic heterocycles. The monoisotopic (exact) mass is 529 g/mol. The first-order valence-corrected chi connectivity index (χ1v) is 13.2. The quantitative estimate of drug-likeness (QED) is 0.481. The minimum absolute atomic E-state index is 0.146. The SMILES string of the molecule is CNc1nc(C)c(S(=O)(=O)N2CCN(C[C@H](C)Nc3ncnc4c(C(F)(F)F)cccc34)CC2)s1. The largest absolute Gasteiger partial charge is 0.418 e. The third-order valence-electron chi connectivity index (χ3n) is 5.76. The summed E-state index contributed by atoms with van der Waals surface area (Å²) in [7, 11) is -1.93. The third kappa shape index (κ3) is 5.34. The van der Waals surface area contributed by atoms with Crippen LogP contribution in [-0.4, -0.2) is 78.4 Å². The Hall–Kier alpha value is -2.55. The van der Waals surface area contributed by atoms with Gasteiger partial charge in [0.25, 0.3) is 10.0 Å². The molecule has 190 valence electrons. The Balaban J connectivity index is 1.40. The van der Waals surface area contributed by atoms with Crippen LogP contribution in [-0.2, 0) is 16.2 Å². The van der Waals surface area contributed by atoms with Crippen LogP contribution in [0.1, 0.15) is 18.2 Å². The second-order valence-electron chi connectivity index (χ2n) is 8.31. The Bertz CT molecular complexity index is 1310. The van der Waals surface area contributed by atoms with Gasteiger partial charge < -0.3 is 10.6 Å². The second-order valence-corrected chi connectivity index (χ2v) is 11.4. The van der Waals surface area contributed by atoms with E-state index in [1.807, 2.05) is 6.92 Å². The molecule has 1 aliphatic heterocycles. The van der Waals surface area contributed by atoms with Gasteiger partial charge in [-0.2, -0.15) is 17.5 Å². The predicted molar refractivity (Wildman–Crippen MR) is 129 cm³/mol. The fraction of sp³-hybridized carbons (Fsp3) is 0.476. The van der Waals surface area contributed by atoms with Crippen LogP contribution < -0.4 is 10.6 Å². The molecule has 3 heterocycles. The number of alkyl halides is 3. The first-order chi connectivity index (χ1) is 16.5. The number of piperazine rings is 1. The lowest BCUT2D eigenvalue weighted by molar-refractivity contribution is -0.136. The molecule has 1 atom stereocenters. The maximum absolute atomic E-state index is 13.3. The number of fused-ring (bicyclic) bond motifs is 1. The smallest absolute Gasteiger partial charge is 0.366 e. The Labute approximate surface area is 205 Å². The summed E-state index contributed by atoms with van der Waals surface area (Å²) in [6, 6.07) is 3.76. The number of halogens is 3. The van der Waals surface area contributed by atoms with Crippen molar-refractivity contribution in [2.75, 3.05) is 50.4 Å². The Morgan fingerprint density at radius 3 is 2.51 bits per heavy atom. The van der Waals surface area contributed by atoms with E-state index in [9.17, 15) is 21.6 Å². The van der Waals surface area contributed by atoms with Crippen LogP contribution in [0.4, 0.5) is 24.1 Å². The average molecular weight is 530 g/mol. The fourth-order valence-corrected chi connectivity index (χ4v) is 7.02. The number of hydrogen-bond acceptors (Lipinski definition) is 9.